The molecule has 1 heterocycles. The van der Waals surface area contributed by atoms with Gasteiger partial charge in [0.1, 0.15) is 15.7 Å². The highest BCUT2D eigenvalue weighted by molar-refractivity contribution is 7.99. The summed E-state index contributed by atoms with van der Waals surface area (Å²) in [5.41, 5.74) is 3.35. The quantitative estimate of drug-likeness (QED) is 0.444. The minimum Gasteiger partial charge on any atom is -0.308 e. The number of nitrogens with two attached hydrogens (primary N) is 1. The molecule has 0 unspecified atom stereocenters. The Morgan fingerprint density at radius 1 is 1.50 bits per heavy atom. The zero-order chi connectivity index (χ0) is 12.0. The van der Waals surface area contributed by atoms with Gasteiger partial charge < -0.3 is 5.43 Å². The minimum absolute atomic E-state index is 0.201. The lowest BCUT2D eigenvalue weighted by atomic mass is 10.4. The van der Waals surface area contributed by atoms with E-state index in [2.05, 4.69) is 10.4 Å². The first-order chi connectivity index (χ1) is 7.51. The number of anilines is 1. The number of nitrogens with zero attached hydrogens (tertiary/aromatic N) is 1. The van der Waals surface area contributed by atoms with Crippen molar-refractivity contribution in [2.24, 2.45) is 5.84 Å². The molecule has 1 aromatic rings. The monoisotopic (exact) mass is 261 g/mol. The maximum absolute atomic E-state index is 10.9. The van der Waals surface area contributed by atoms with Crippen molar-refractivity contribution >= 4 is 27.4 Å². The summed E-state index contributed by atoms with van der Waals surface area (Å²) in [7, 11) is -2.86. The van der Waals surface area contributed by atoms with Crippen LogP contribution in [0.4, 0.5) is 5.82 Å². The fourth-order valence-corrected chi connectivity index (χ4v) is 3.22. The Balaban J connectivity index is 2.37. The lowest BCUT2D eigenvalue weighted by molar-refractivity contribution is 0.603. The van der Waals surface area contributed by atoms with Gasteiger partial charge in [0.05, 0.1) is 11.4 Å². The Morgan fingerprint density at radius 3 is 2.88 bits per heavy atom. The highest BCUT2D eigenvalue weighted by Crippen LogP contribution is 2.12. The molecule has 0 aliphatic carbocycles. The van der Waals surface area contributed by atoms with Crippen molar-refractivity contribution < 1.29 is 8.42 Å². The van der Waals surface area contributed by atoms with E-state index in [4.69, 9.17) is 5.84 Å². The Labute approximate surface area is 99.7 Å². The van der Waals surface area contributed by atoms with Crippen LogP contribution in [-0.4, -0.2) is 31.2 Å². The average Bonchev–Trinajstić information content (AvgIpc) is 2.23. The number of rotatable bonds is 6. The van der Waals surface area contributed by atoms with E-state index in [0.29, 0.717) is 17.3 Å². The van der Waals surface area contributed by atoms with E-state index in [1.807, 2.05) is 12.1 Å². The number of hydrazine groups is 1. The van der Waals surface area contributed by atoms with Crippen LogP contribution in [-0.2, 0) is 15.6 Å². The Bertz CT molecular complexity index is 434. The van der Waals surface area contributed by atoms with Crippen LogP contribution in [0.25, 0.3) is 0 Å². The maximum Gasteiger partial charge on any atom is 0.148 e. The van der Waals surface area contributed by atoms with Gasteiger partial charge in [-0.15, -0.1) is 0 Å². The molecule has 0 spiro atoms. The molecule has 0 amide bonds. The standard InChI is InChI=1S/C9H15N3O2S2/c1-16(13,14)6-5-15-7-8-3-2-4-9(11-8)12-10/h2-4H,5-7,10H2,1H3,(H,11,12). The predicted octanol–water partition coefficient (Wildman–Crippen LogP) is 0.645. The number of thioether (sulfide) groups is 1. The van der Waals surface area contributed by atoms with Crippen molar-refractivity contribution in [1.82, 2.24) is 4.98 Å². The molecule has 3 N–H and O–H groups in total. The van der Waals surface area contributed by atoms with Crippen LogP contribution in [0.2, 0.25) is 0 Å². The number of hydrogen-bond donors (Lipinski definition) is 2. The zero-order valence-electron chi connectivity index (χ0n) is 9.01. The summed E-state index contributed by atoms with van der Waals surface area (Å²) >= 11 is 1.54. The Hall–Kier alpha value is -0.790. The smallest absolute Gasteiger partial charge is 0.148 e. The second kappa shape index (κ2) is 6.07. The minimum atomic E-state index is -2.86. The van der Waals surface area contributed by atoms with Crippen LogP contribution in [0.1, 0.15) is 5.69 Å². The van der Waals surface area contributed by atoms with Gasteiger partial charge in [0.25, 0.3) is 0 Å². The number of hydrogen-bond acceptors (Lipinski definition) is 6. The molecule has 1 aromatic heterocycles. The topological polar surface area (TPSA) is 85.1 Å². The van der Waals surface area contributed by atoms with Gasteiger partial charge in [-0.25, -0.2) is 19.2 Å². The molecular formula is C9H15N3O2S2. The number of nitrogens with one attached hydrogen (secondary N) is 1. The van der Waals surface area contributed by atoms with Gasteiger partial charge in [0.15, 0.2) is 0 Å². The molecule has 0 saturated heterocycles. The molecule has 0 atom stereocenters. The van der Waals surface area contributed by atoms with Gasteiger partial charge in [-0.05, 0) is 12.1 Å². The van der Waals surface area contributed by atoms with E-state index in [-0.39, 0.29) is 5.75 Å². The first kappa shape index (κ1) is 13.3. The molecule has 5 nitrogen and oxygen atoms in total. The van der Waals surface area contributed by atoms with E-state index in [1.165, 1.54) is 6.26 Å². The predicted molar refractivity (Wildman–Crippen MR) is 67.9 cm³/mol. The normalized spacial score (nSPS) is 11.4. The summed E-state index contributed by atoms with van der Waals surface area (Å²) in [5.74, 6) is 7.31. The molecule has 1 rings (SSSR count). The number of sulfone groups is 1. The Kier molecular flexibility index (Phi) is 5.04. The molecule has 0 bridgehead atoms. The highest BCUT2D eigenvalue weighted by Gasteiger charge is 2.02. The SMILES string of the molecule is CS(=O)(=O)CCSCc1cccc(NN)n1. The van der Waals surface area contributed by atoms with E-state index in [0.717, 1.165) is 5.69 Å². The molecule has 0 fully saturated rings. The van der Waals surface area contributed by atoms with Crippen LogP contribution >= 0.6 is 11.8 Å². The molecule has 0 aromatic carbocycles. The van der Waals surface area contributed by atoms with Gasteiger partial charge in [-0.1, -0.05) is 6.07 Å². The maximum atomic E-state index is 10.9. The number of nitrogen functional groups attached to an aromatic ring is 1. The third-order valence-corrected chi connectivity index (χ3v) is 4.00. The summed E-state index contributed by atoms with van der Waals surface area (Å²) in [6, 6.07) is 5.51. The van der Waals surface area contributed by atoms with Crippen LogP contribution in [0.5, 0.6) is 0 Å². The van der Waals surface area contributed by atoms with E-state index >= 15 is 0 Å². The van der Waals surface area contributed by atoms with Gasteiger partial charge in [-0.3, -0.25) is 0 Å². The van der Waals surface area contributed by atoms with Crippen LogP contribution in [0.15, 0.2) is 18.2 Å². The number of aromatic nitrogens is 1. The van der Waals surface area contributed by atoms with E-state index in [1.54, 1.807) is 17.8 Å². The summed E-state index contributed by atoms with van der Waals surface area (Å²) in [6.07, 6.45) is 1.24. The number of pyridine rings is 1. The summed E-state index contributed by atoms with van der Waals surface area (Å²) in [5, 5.41) is 0. The largest absolute Gasteiger partial charge is 0.308 e. The van der Waals surface area contributed by atoms with Gasteiger partial charge in [-0.2, -0.15) is 11.8 Å². The van der Waals surface area contributed by atoms with Crippen molar-refractivity contribution in [1.29, 1.82) is 0 Å². The van der Waals surface area contributed by atoms with E-state index in [9.17, 15) is 8.42 Å². The summed E-state index contributed by atoms with van der Waals surface area (Å²) in [6.45, 7) is 0. The zero-order valence-corrected chi connectivity index (χ0v) is 10.6. The summed E-state index contributed by atoms with van der Waals surface area (Å²) < 4.78 is 21.8. The van der Waals surface area contributed by atoms with Crippen molar-refractivity contribution in [2.75, 3.05) is 23.2 Å². The molecule has 0 aliphatic rings. The second-order valence-corrected chi connectivity index (χ2v) is 6.71. The molecule has 0 aliphatic heterocycles. The van der Waals surface area contributed by atoms with Gasteiger partial charge >= 0.3 is 0 Å². The fraction of sp³-hybridized carbons (Fsp3) is 0.444. The first-order valence-electron chi connectivity index (χ1n) is 4.69. The second-order valence-electron chi connectivity index (χ2n) is 3.34. The van der Waals surface area contributed by atoms with Crippen molar-refractivity contribution in [3.63, 3.8) is 0 Å². The third-order valence-electron chi connectivity index (χ3n) is 1.80. The van der Waals surface area contributed by atoms with Gasteiger partial charge in [0, 0.05) is 17.8 Å². The molecule has 90 valence electrons. The fourth-order valence-electron chi connectivity index (χ4n) is 1.03. The third kappa shape index (κ3) is 5.34. The molecule has 0 radical (unpaired) electrons. The van der Waals surface area contributed by atoms with Gasteiger partial charge in [0.2, 0.25) is 0 Å². The molecule has 0 saturated carbocycles. The summed E-state index contributed by atoms with van der Waals surface area (Å²) in [4.78, 5) is 4.22. The average molecular weight is 261 g/mol. The van der Waals surface area contributed by atoms with Crippen molar-refractivity contribution in [2.45, 2.75) is 5.75 Å². The van der Waals surface area contributed by atoms with Crippen LogP contribution in [0, 0.1) is 0 Å². The van der Waals surface area contributed by atoms with Crippen molar-refractivity contribution in [3.8, 4) is 0 Å². The molecular weight excluding hydrogens is 246 g/mol. The van der Waals surface area contributed by atoms with Crippen LogP contribution < -0.4 is 11.3 Å². The van der Waals surface area contributed by atoms with Crippen molar-refractivity contribution in [3.05, 3.63) is 23.9 Å². The molecule has 7 heteroatoms. The van der Waals surface area contributed by atoms with E-state index < -0.39 is 9.84 Å². The Morgan fingerprint density at radius 2 is 2.25 bits per heavy atom. The first-order valence-corrected chi connectivity index (χ1v) is 7.91. The highest BCUT2D eigenvalue weighted by atomic mass is 32.2. The van der Waals surface area contributed by atoms with Crippen LogP contribution in [0.3, 0.4) is 0 Å². The lowest BCUT2D eigenvalue weighted by Gasteiger charge is -2.03. The molecule has 16 heavy (non-hydrogen) atoms. The lowest BCUT2D eigenvalue weighted by Crippen LogP contribution is -2.09.